The number of aromatic nitrogens is 1. The van der Waals surface area contributed by atoms with Crippen molar-refractivity contribution < 1.29 is 0 Å². The largest absolute Gasteiger partial charge is 0.264 e. The van der Waals surface area contributed by atoms with Crippen molar-refractivity contribution in [3.05, 3.63) is 65.0 Å². The van der Waals surface area contributed by atoms with Gasteiger partial charge in [0.05, 0.1) is 0 Å². The molecule has 0 saturated heterocycles. The molecule has 2 aromatic rings. The van der Waals surface area contributed by atoms with Crippen LogP contribution in [0.1, 0.15) is 28.7 Å². The SMILES string of the molecule is Cc1cccc2c1CC/C2=C\c1cccnc1.Cl. The lowest BCUT2D eigenvalue weighted by atomic mass is 10.0. The van der Waals surface area contributed by atoms with E-state index in [1.807, 2.05) is 18.5 Å². The smallest absolute Gasteiger partial charge is 0.0340 e. The molecule has 1 nitrogen and oxygen atoms in total. The minimum Gasteiger partial charge on any atom is -0.264 e. The number of aryl methyl sites for hydroxylation is 1. The van der Waals surface area contributed by atoms with Crippen molar-refractivity contribution in [2.24, 2.45) is 0 Å². The normalized spacial score (nSPS) is 15.3. The van der Waals surface area contributed by atoms with Gasteiger partial charge in [0.15, 0.2) is 0 Å². The number of fused-ring (bicyclic) bond motifs is 1. The predicted octanol–water partition coefficient (Wildman–Crippen LogP) is 4.30. The first-order chi connectivity index (χ1) is 8.34. The number of allylic oxidation sites excluding steroid dienone is 1. The molecule has 0 saturated carbocycles. The zero-order valence-corrected chi connectivity index (χ0v) is 11.2. The summed E-state index contributed by atoms with van der Waals surface area (Å²) in [6, 6.07) is 10.7. The van der Waals surface area contributed by atoms with Gasteiger partial charge in [-0.15, -0.1) is 12.4 Å². The maximum absolute atomic E-state index is 4.16. The van der Waals surface area contributed by atoms with Crippen molar-refractivity contribution in [1.29, 1.82) is 0 Å². The predicted molar refractivity (Wildman–Crippen MR) is 78.9 cm³/mol. The van der Waals surface area contributed by atoms with E-state index in [0.29, 0.717) is 0 Å². The van der Waals surface area contributed by atoms with Gasteiger partial charge in [-0.3, -0.25) is 4.98 Å². The summed E-state index contributed by atoms with van der Waals surface area (Å²) in [5, 5.41) is 0. The molecule has 0 N–H and O–H groups in total. The van der Waals surface area contributed by atoms with E-state index in [-0.39, 0.29) is 12.4 Å². The average Bonchev–Trinajstić information content (AvgIpc) is 2.76. The number of nitrogens with zero attached hydrogens (tertiary/aromatic N) is 1. The molecule has 1 aromatic carbocycles. The summed E-state index contributed by atoms with van der Waals surface area (Å²) >= 11 is 0. The van der Waals surface area contributed by atoms with E-state index in [1.54, 1.807) is 0 Å². The summed E-state index contributed by atoms with van der Waals surface area (Å²) in [4.78, 5) is 4.16. The van der Waals surface area contributed by atoms with E-state index in [4.69, 9.17) is 0 Å². The highest BCUT2D eigenvalue weighted by atomic mass is 35.5. The molecule has 0 fully saturated rings. The van der Waals surface area contributed by atoms with Crippen LogP contribution in [-0.4, -0.2) is 4.98 Å². The third kappa shape index (κ3) is 2.32. The topological polar surface area (TPSA) is 12.9 Å². The fourth-order valence-corrected chi connectivity index (χ4v) is 2.54. The van der Waals surface area contributed by atoms with E-state index >= 15 is 0 Å². The zero-order chi connectivity index (χ0) is 11.7. The van der Waals surface area contributed by atoms with Crippen LogP contribution >= 0.6 is 12.4 Å². The standard InChI is InChI=1S/C16H15N.ClH/c1-12-4-2-6-16-14(7-8-15(12)16)10-13-5-3-9-17-11-13;/h2-6,9-11H,7-8H2,1H3;1H/b14-10+;. The van der Waals surface area contributed by atoms with Crippen LogP contribution in [0, 0.1) is 6.92 Å². The van der Waals surface area contributed by atoms with Crippen LogP contribution in [0.15, 0.2) is 42.7 Å². The van der Waals surface area contributed by atoms with Gasteiger partial charge in [-0.05, 0) is 59.7 Å². The van der Waals surface area contributed by atoms with Gasteiger partial charge in [0, 0.05) is 12.4 Å². The molecule has 0 unspecified atom stereocenters. The molecule has 92 valence electrons. The lowest BCUT2D eigenvalue weighted by molar-refractivity contribution is 1.07. The number of benzene rings is 1. The van der Waals surface area contributed by atoms with Gasteiger partial charge in [0.2, 0.25) is 0 Å². The molecular formula is C16H16ClN. The third-order valence-corrected chi connectivity index (χ3v) is 3.43. The third-order valence-electron chi connectivity index (χ3n) is 3.43. The van der Waals surface area contributed by atoms with Crippen molar-refractivity contribution in [3.8, 4) is 0 Å². The Hall–Kier alpha value is -1.60. The molecule has 1 aliphatic carbocycles. The maximum atomic E-state index is 4.16. The van der Waals surface area contributed by atoms with Gasteiger partial charge in [-0.2, -0.15) is 0 Å². The molecule has 0 amide bonds. The summed E-state index contributed by atoms with van der Waals surface area (Å²) in [6.07, 6.45) is 8.32. The first-order valence-corrected chi connectivity index (χ1v) is 6.04. The quantitative estimate of drug-likeness (QED) is 0.742. The molecule has 0 bridgehead atoms. The van der Waals surface area contributed by atoms with Crippen LogP contribution in [0.4, 0.5) is 0 Å². The van der Waals surface area contributed by atoms with Crippen molar-refractivity contribution in [3.63, 3.8) is 0 Å². The van der Waals surface area contributed by atoms with E-state index < -0.39 is 0 Å². The lowest BCUT2D eigenvalue weighted by Gasteiger charge is -2.03. The van der Waals surface area contributed by atoms with Crippen molar-refractivity contribution >= 4 is 24.1 Å². The van der Waals surface area contributed by atoms with Gasteiger partial charge < -0.3 is 0 Å². The van der Waals surface area contributed by atoms with Gasteiger partial charge in [0.1, 0.15) is 0 Å². The van der Waals surface area contributed by atoms with Crippen molar-refractivity contribution in [2.75, 3.05) is 0 Å². The summed E-state index contributed by atoms with van der Waals surface area (Å²) < 4.78 is 0. The first-order valence-electron chi connectivity index (χ1n) is 6.04. The molecule has 0 spiro atoms. The fourth-order valence-electron chi connectivity index (χ4n) is 2.54. The highest BCUT2D eigenvalue weighted by Gasteiger charge is 2.17. The summed E-state index contributed by atoms with van der Waals surface area (Å²) in [6.45, 7) is 2.20. The number of hydrogen-bond acceptors (Lipinski definition) is 1. The van der Waals surface area contributed by atoms with Crippen LogP contribution in [0.5, 0.6) is 0 Å². The van der Waals surface area contributed by atoms with Crippen LogP contribution < -0.4 is 0 Å². The molecule has 1 aliphatic rings. The first kappa shape index (κ1) is 12.8. The van der Waals surface area contributed by atoms with E-state index in [2.05, 4.69) is 42.2 Å². The lowest BCUT2D eigenvalue weighted by Crippen LogP contribution is -1.85. The monoisotopic (exact) mass is 257 g/mol. The Bertz CT molecular complexity index is 573. The second kappa shape index (κ2) is 5.36. The fraction of sp³-hybridized carbons (Fsp3) is 0.188. The molecular weight excluding hydrogens is 242 g/mol. The van der Waals surface area contributed by atoms with E-state index in [0.717, 1.165) is 6.42 Å². The number of pyridine rings is 1. The Morgan fingerprint density at radius 2 is 2.00 bits per heavy atom. The molecule has 3 rings (SSSR count). The van der Waals surface area contributed by atoms with E-state index in [1.165, 1.54) is 34.2 Å². The summed E-state index contributed by atoms with van der Waals surface area (Å²) in [5.41, 5.74) is 6.99. The number of halogens is 1. The van der Waals surface area contributed by atoms with E-state index in [9.17, 15) is 0 Å². The minimum atomic E-state index is 0. The Kier molecular flexibility index (Phi) is 3.83. The molecule has 1 heterocycles. The molecule has 0 radical (unpaired) electrons. The molecule has 0 aliphatic heterocycles. The Morgan fingerprint density at radius 3 is 2.78 bits per heavy atom. The zero-order valence-electron chi connectivity index (χ0n) is 10.4. The number of rotatable bonds is 1. The summed E-state index contributed by atoms with van der Waals surface area (Å²) in [7, 11) is 0. The number of hydrogen-bond donors (Lipinski definition) is 0. The van der Waals surface area contributed by atoms with Crippen LogP contribution in [0.3, 0.4) is 0 Å². The van der Waals surface area contributed by atoms with Gasteiger partial charge in [-0.25, -0.2) is 0 Å². The van der Waals surface area contributed by atoms with Crippen LogP contribution in [0.2, 0.25) is 0 Å². The van der Waals surface area contributed by atoms with Gasteiger partial charge in [-0.1, -0.05) is 24.3 Å². The highest BCUT2D eigenvalue weighted by Crippen LogP contribution is 2.35. The summed E-state index contributed by atoms with van der Waals surface area (Å²) in [5.74, 6) is 0. The van der Waals surface area contributed by atoms with Crippen LogP contribution in [0.25, 0.3) is 11.6 Å². The Balaban J connectivity index is 0.00000120. The van der Waals surface area contributed by atoms with Crippen molar-refractivity contribution in [2.45, 2.75) is 19.8 Å². The van der Waals surface area contributed by atoms with Gasteiger partial charge in [0.25, 0.3) is 0 Å². The molecule has 18 heavy (non-hydrogen) atoms. The van der Waals surface area contributed by atoms with Gasteiger partial charge >= 0.3 is 0 Å². The average molecular weight is 258 g/mol. The van der Waals surface area contributed by atoms with Crippen molar-refractivity contribution in [1.82, 2.24) is 4.98 Å². The second-order valence-electron chi connectivity index (χ2n) is 4.56. The van der Waals surface area contributed by atoms with Crippen LogP contribution in [-0.2, 0) is 6.42 Å². The Labute approximate surface area is 114 Å². The minimum absolute atomic E-state index is 0. The molecule has 2 heteroatoms. The molecule has 0 atom stereocenters. The molecule has 1 aromatic heterocycles. The highest BCUT2D eigenvalue weighted by molar-refractivity contribution is 5.86. The Morgan fingerprint density at radius 1 is 1.11 bits per heavy atom. The second-order valence-corrected chi connectivity index (χ2v) is 4.56. The maximum Gasteiger partial charge on any atom is 0.0340 e.